The fourth-order valence-electron chi connectivity index (χ4n) is 5.15. The van der Waals surface area contributed by atoms with Crippen LogP contribution in [0.15, 0.2) is 97.1 Å². The standard InChI is InChI=1S/C32H24N10/c1-18-27-28(33-21-14-10-19(11-15-21)29-35-23-6-2-3-7-24(23)36-29)32(42-41-31(27)40-39-18)34-22-16-12-20(13-17-22)30-37-25-8-4-5-9-26(25)38-30/h2-17H,1H3,(H,34,42)(H,35,36)(H,37,38)(H2,33,39,40,41). The maximum Gasteiger partial charge on any atom is 0.205 e. The zero-order valence-electron chi connectivity index (χ0n) is 22.5. The van der Waals surface area contributed by atoms with Crippen molar-refractivity contribution in [2.75, 3.05) is 10.6 Å². The monoisotopic (exact) mass is 548 g/mol. The first-order chi connectivity index (χ1) is 20.7. The fourth-order valence-corrected chi connectivity index (χ4v) is 5.15. The molecule has 5 N–H and O–H groups in total. The lowest BCUT2D eigenvalue weighted by Gasteiger charge is -2.14. The van der Waals surface area contributed by atoms with Gasteiger partial charge in [0.15, 0.2) is 5.82 Å². The molecule has 202 valence electrons. The summed E-state index contributed by atoms with van der Waals surface area (Å²) in [5.74, 6) is 2.24. The summed E-state index contributed by atoms with van der Waals surface area (Å²) in [5.41, 5.74) is 9.87. The van der Waals surface area contributed by atoms with E-state index in [0.717, 1.165) is 73.0 Å². The first kappa shape index (κ1) is 23.8. The second-order valence-corrected chi connectivity index (χ2v) is 10.1. The van der Waals surface area contributed by atoms with Gasteiger partial charge in [0.2, 0.25) is 5.65 Å². The molecule has 0 aliphatic carbocycles. The van der Waals surface area contributed by atoms with Crippen molar-refractivity contribution in [3.8, 4) is 22.8 Å². The smallest absolute Gasteiger partial charge is 0.205 e. The molecule has 0 aliphatic rings. The Bertz CT molecular complexity index is 2140. The third-order valence-electron chi connectivity index (χ3n) is 7.29. The minimum Gasteiger partial charge on any atom is -0.352 e. The first-order valence-electron chi connectivity index (χ1n) is 13.5. The van der Waals surface area contributed by atoms with Gasteiger partial charge in [-0.05, 0) is 79.7 Å². The number of aromatic nitrogens is 8. The van der Waals surface area contributed by atoms with E-state index in [1.54, 1.807) is 0 Å². The van der Waals surface area contributed by atoms with E-state index in [0.29, 0.717) is 11.5 Å². The second kappa shape index (κ2) is 9.56. The van der Waals surface area contributed by atoms with Gasteiger partial charge in [0.25, 0.3) is 0 Å². The molecular weight excluding hydrogens is 524 g/mol. The van der Waals surface area contributed by atoms with Crippen molar-refractivity contribution in [3.05, 3.63) is 103 Å². The summed E-state index contributed by atoms with van der Waals surface area (Å²) in [6.45, 7) is 1.97. The Morgan fingerprint density at radius 3 is 1.71 bits per heavy atom. The number of aryl methyl sites for hydroxylation is 1. The number of nitrogens with one attached hydrogen (secondary N) is 5. The van der Waals surface area contributed by atoms with Crippen LogP contribution in [0, 0.1) is 6.92 Å². The molecule has 0 aliphatic heterocycles. The van der Waals surface area contributed by atoms with Crippen LogP contribution < -0.4 is 10.6 Å². The summed E-state index contributed by atoms with van der Waals surface area (Å²) in [5, 5.41) is 24.0. The van der Waals surface area contributed by atoms with Crippen molar-refractivity contribution < 1.29 is 0 Å². The maximum atomic E-state index is 4.72. The predicted octanol–water partition coefficient (Wildman–Crippen LogP) is 7.24. The van der Waals surface area contributed by atoms with Crippen LogP contribution >= 0.6 is 0 Å². The van der Waals surface area contributed by atoms with Crippen LogP contribution in [0.5, 0.6) is 0 Å². The molecule has 0 unspecified atom stereocenters. The minimum absolute atomic E-state index is 0.541. The van der Waals surface area contributed by atoms with Crippen LogP contribution in [0.1, 0.15) is 5.69 Å². The molecule has 0 amide bonds. The summed E-state index contributed by atoms with van der Waals surface area (Å²) < 4.78 is 0. The van der Waals surface area contributed by atoms with Crippen LogP contribution in [0.25, 0.3) is 55.9 Å². The quantitative estimate of drug-likeness (QED) is 0.148. The molecular formula is C32H24N10. The van der Waals surface area contributed by atoms with Gasteiger partial charge in [-0.1, -0.05) is 24.3 Å². The molecule has 10 heteroatoms. The van der Waals surface area contributed by atoms with Gasteiger partial charge < -0.3 is 20.6 Å². The average Bonchev–Trinajstić information content (AvgIpc) is 3.76. The molecule has 0 atom stereocenters. The number of H-pyrrole nitrogens is 3. The molecule has 4 aromatic heterocycles. The molecule has 0 bridgehead atoms. The Balaban J connectivity index is 1.09. The lowest BCUT2D eigenvalue weighted by molar-refractivity contribution is 1.01. The largest absolute Gasteiger partial charge is 0.352 e. The van der Waals surface area contributed by atoms with Crippen LogP contribution in [0.2, 0.25) is 0 Å². The number of imidazole rings is 2. The van der Waals surface area contributed by atoms with Crippen molar-refractivity contribution >= 4 is 56.0 Å². The third kappa shape index (κ3) is 4.18. The highest BCUT2D eigenvalue weighted by Gasteiger charge is 2.17. The highest BCUT2D eigenvalue weighted by molar-refractivity contribution is 5.99. The normalized spacial score (nSPS) is 11.5. The van der Waals surface area contributed by atoms with Crippen LogP contribution in [-0.4, -0.2) is 40.3 Å². The zero-order valence-corrected chi connectivity index (χ0v) is 22.5. The van der Waals surface area contributed by atoms with E-state index < -0.39 is 0 Å². The number of nitrogens with zero attached hydrogens (tertiary/aromatic N) is 5. The molecule has 10 nitrogen and oxygen atoms in total. The van der Waals surface area contributed by atoms with Crippen molar-refractivity contribution in [1.29, 1.82) is 0 Å². The molecule has 4 aromatic carbocycles. The Morgan fingerprint density at radius 2 is 1.14 bits per heavy atom. The second-order valence-electron chi connectivity index (χ2n) is 10.1. The molecule has 0 spiro atoms. The Kier molecular flexibility index (Phi) is 5.42. The lowest BCUT2D eigenvalue weighted by atomic mass is 10.1. The summed E-state index contributed by atoms with van der Waals surface area (Å²) in [4.78, 5) is 16.2. The number of fused-ring (bicyclic) bond motifs is 3. The van der Waals surface area contributed by atoms with E-state index in [1.165, 1.54) is 0 Å². The molecule has 8 rings (SSSR count). The number of aromatic amines is 3. The van der Waals surface area contributed by atoms with Gasteiger partial charge in [-0.15, -0.1) is 10.2 Å². The number of rotatable bonds is 6. The van der Waals surface area contributed by atoms with E-state index >= 15 is 0 Å². The lowest BCUT2D eigenvalue weighted by Crippen LogP contribution is -2.03. The Labute approximate surface area is 239 Å². The van der Waals surface area contributed by atoms with Crippen LogP contribution in [-0.2, 0) is 0 Å². The van der Waals surface area contributed by atoms with Crippen LogP contribution in [0.3, 0.4) is 0 Å². The van der Waals surface area contributed by atoms with Gasteiger partial charge >= 0.3 is 0 Å². The highest BCUT2D eigenvalue weighted by Crippen LogP contribution is 2.35. The minimum atomic E-state index is 0.541. The van der Waals surface area contributed by atoms with Gasteiger partial charge in [-0.25, -0.2) is 9.97 Å². The van der Waals surface area contributed by atoms with Gasteiger partial charge in [0, 0.05) is 28.2 Å². The van der Waals surface area contributed by atoms with Crippen LogP contribution in [0.4, 0.5) is 22.9 Å². The summed E-state index contributed by atoms with van der Waals surface area (Å²) in [6.07, 6.45) is 0. The summed E-state index contributed by atoms with van der Waals surface area (Å²) >= 11 is 0. The molecule has 4 heterocycles. The zero-order chi connectivity index (χ0) is 28.0. The number of benzene rings is 4. The van der Waals surface area contributed by atoms with E-state index in [4.69, 9.17) is 9.97 Å². The van der Waals surface area contributed by atoms with E-state index in [-0.39, 0.29) is 0 Å². The number of anilines is 4. The van der Waals surface area contributed by atoms with Gasteiger partial charge in [0.05, 0.1) is 33.1 Å². The van der Waals surface area contributed by atoms with Crippen molar-refractivity contribution in [1.82, 2.24) is 40.3 Å². The van der Waals surface area contributed by atoms with Gasteiger partial charge in [-0.3, -0.25) is 5.10 Å². The van der Waals surface area contributed by atoms with E-state index in [2.05, 4.69) is 41.0 Å². The van der Waals surface area contributed by atoms with Crippen molar-refractivity contribution in [2.24, 2.45) is 0 Å². The summed E-state index contributed by atoms with van der Waals surface area (Å²) in [6, 6.07) is 32.2. The highest BCUT2D eigenvalue weighted by atomic mass is 15.3. The molecule has 0 radical (unpaired) electrons. The van der Waals surface area contributed by atoms with Crippen molar-refractivity contribution in [3.63, 3.8) is 0 Å². The third-order valence-corrected chi connectivity index (χ3v) is 7.29. The predicted molar refractivity (Wildman–Crippen MR) is 166 cm³/mol. The maximum absolute atomic E-state index is 4.72. The Morgan fingerprint density at radius 1 is 0.595 bits per heavy atom. The topological polar surface area (TPSA) is 136 Å². The summed E-state index contributed by atoms with van der Waals surface area (Å²) in [7, 11) is 0. The first-order valence-corrected chi connectivity index (χ1v) is 13.5. The molecule has 0 fully saturated rings. The molecule has 8 aromatic rings. The molecule has 0 saturated carbocycles. The number of hydrogen-bond donors (Lipinski definition) is 5. The average molecular weight is 549 g/mol. The van der Waals surface area contributed by atoms with Gasteiger partial charge in [-0.2, -0.15) is 5.10 Å². The molecule has 0 saturated heterocycles. The van der Waals surface area contributed by atoms with E-state index in [1.807, 2.05) is 104 Å². The molecule has 42 heavy (non-hydrogen) atoms. The van der Waals surface area contributed by atoms with Gasteiger partial charge in [0.1, 0.15) is 11.6 Å². The van der Waals surface area contributed by atoms with Crippen molar-refractivity contribution in [2.45, 2.75) is 6.92 Å². The SMILES string of the molecule is Cc1[nH]nc2nnc(Nc3ccc(-c4nc5ccccc5[nH]4)cc3)c(Nc3ccc(-c4nc5ccccc5[nH]4)cc3)c12. The number of para-hydroxylation sites is 4. The Hall–Kier alpha value is -6.03. The number of hydrogen-bond acceptors (Lipinski definition) is 7. The fraction of sp³-hybridized carbons (Fsp3) is 0.0312. The van der Waals surface area contributed by atoms with E-state index in [9.17, 15) is 0 Å².